The van der Waals surface area contributed by atoms with Crippen molar-refractivity contribution in [2.24, 2.45) is 0 Å². The van der Waals surface area contributed by atoms with Crippen LogP contribution in [0, 0.1) is 0 Å². The molecule has 5 heteroatoms. The highest BCUT2D eigenvalue weighted by Crippen LogP contribution is 2.34. The fourth-order valence-corrected chi connectivity index (χ4v) is 4.64. The molecule has 0 saturated carbocycles. The Balaban J connectivity index is 1.46. The van der Waals surface area contributed by atoms with Crippen LogP contribution in [0.1, 0.15) is 44.2 Å². The van der Waals surface area contributed by atoms with E-state index >= 15 is 0 Å². The van der Waals surface area contributed by atoms with Crippen molar-refractivity contribution in [1.29, 1.82) is 0 Å². The van der Waals surface area contributed by atoms with Crippen LogP contribution < -0.4 is 9.64 Å². The Hall–Kier alpha value is -2.82. The third-order valence-corrected chi connectivity index (χ3v) is 6.17. The van der Waals surface area contributed by atoms with Crippen LogP contribution in [0.15, 0.2) is 48.5 Å². The number of benzene rings is 2. The van der Waals surface area contributed by atoms with Gasteiger partial charge in [-0.05, 0) is 55.9 Å². The van der Waals surface area contributed by atoms with E-state index in [4.69, 9.17) is 4.74 Å². The van der Waals surface area contributed by atoms with Crippen LogP contribution >= 0.6 is 0 Å². The summed E-state index contributed by atoms with van der Waals surface area (Å²) in [5, 5.41) is 0. The molecule has 2 amide bonds. The van der Waals surface area contributed by atoms with E-state index in [1.165, 1.54) is 11.1 Å². The van der Waals surface area contributed by atoms with E-state index in [2.05, 4.69) is 36.1 Å². The van der Waals surface area contributed by atoms with E-state index in [-0.39, 0.29) is 17.9 Å². The standard InChI is InChI=1S/C25H30N2O3/c1-3-15-26(21-13-12-19-8-4-5-9-20(19)17-21)24(28)14-16-27-22-10-6-7-11-23(22)30-18(2)25(27)29/h4-11,18,21H,3,12-17H2,1-2H3. The number of carbonyl (C=O) groups is 2. The number of ether oxygens (including phenoxy) is 1. The van der Waals surface area contributed by atoms with E-state index in [1.54, 1.807) is 11.8 Å². The van der Waals surface area contributed by atoms with E-state index in [9.17, 15) is 9.59 Å². The smallest absolute Gasteiger partial charge is 0.267 e. The molecular weight excluding hydrogens is 376 g/mol. The second-order valence-electron chi connectivity index (χ2n) is 8.22. The summed E-state index contributed by atoms with van der Waals surface area (Å²) in [6.07, 6.45) is 3.65. The summed E-state index contributed by atoms with van der Waals surface area (Å²) in [4.78, 5) is 29.7. The summed E-state index contributed by atoms with van der Waals surface area (Å²) < 4.78 is 5.71. The molecule has 5 nitrogen and oxygen atoms in total. The predicted octanol–water partition coefficient (Wildman–Crippen LogP) is 3.99. The van der Waals surface area contributed by atoms with Gasteiger partial charge < -0.3 is 14.5 Å². The number of carbonyl (C=O) groups excluding carboxylic acids is 2. The fraction of sp³-hybridized carbons (Fsp3) is 0.440. The lowest BCUT2D eigenvalue weighted by atomic mass is 9.87. The molecular formula is C25H30N2O3. The van der Waals surface area contributed by atoms with Gasteiger partial charge in [-0.3, -0.25) is 9.59 Å². The van der Waals surface area contributed by atoms with Crippen molar-refractivity contribution < 1.29 is 14.3 Å². The van der Waals surface area contributed by atoms with Crippen molar-refractivity contribution in [2.75, 3.05) is 18.0 Å². The van der Waals surface area contributed by atoms with Gasteiger partial charge in [-0.2, -0.15) is 0 Å². The van der Waals surface area contributed by atoms with Crippen LogP contribution in [-0.2, 0) is 22.4 Å². The van der Waals surface area contributed by atoms with Crippen LogP contribution in [0.5, 0.6) is 5.75 Å². The zero-order valence-electron chi connectivity index (χ0n) is 17.8. The quantitative estimate of drug-likeness (QED) is 0.729. The van der Waals surface area contributed by atoms with Gasteiger partial charge in [0.15, 0.2) is 6.10 Å². The summed E-state index contributed by atoms with van der Waals surface area (Å²) >= 11 is 0. The van der Waals surface area contributed by atoms with Crippen molar-refractivity contribution in [3.63, 3.8) is 0 Å². The van der Waals surface area contributed by atoms with Gasteiger partial charge in [0.2, 0.25) is 5.91 Å². The van der Waals surface area contributed by atoms with Gasteiger partial charge in [0.05, 0.1) is 5.69 Å². The third-order valence-electron chi connectivity index (χ3n) is 6.17. The number of anilines is 1. The summed E-state index contributed by atoms with van der Waals surface area (Å²) in [5.74, 6) is 0.743. The molecule has 0 spiro atoms. The second kappa shape index (κ2) is 8.90. The molecule has 1 aliphatic heterocycles. The molecule has 158 valence electrons. The molecule has 2 unspecified atom stereocenters. The van der Waals surface area contributed by atoms with Crippen LogP contribution in [0.25, 0.3) is 0 Å². The third kappa shape index (κ3) is 4.07. The highest BCUT2D eigenvalue weighted by molar-refractivity contribution is 6.00. The monoisotopic (exact) mass is 406 g/mol. The van der Waals surface area contributed by atoms with E-state index in [0.717, 1.165) is 37.9 Å². The highest BCUT2D eigenvalue weighted by Gasteiger charge is 2.33. The van der Waals surface area contributed by atoms with Gasteiger partial charge >= 0.3 is 0 Å². The first kappa shape index (κ1) is 20.5. The Kier molecular flexibility index (Phi) is 6.07. The normalized spacial score (nSPS) is 20.2. The van der Waals surface area contributed by atoms with Gasteiger partial charge in [0.25, 0.3) is 5.91 Å². The molecule has 0 fully saturated rings. The molecule has 0 radical (unpaired) electrons. The molecule has 2 aromatic carbocycles. The summed E-state index contributed by atoms with van der Waals surface area (Å²) in [6.45, 7) is 5.01. The lowest BCUT2D eigenvalue weighted by molar-refractivity contribution is -0.133. The van der Waals surface area contributed by atoms with Gasteiger partial charge in [-0.1, -0.05) is 43.3 Å². The SMILES string of the molecule is CCCN(C(=O)CCN1C(=O)C(C)Oc2ccccc21)C1CCc2ccccc2C1. The Bertz CT molecular complexity index is 926. The van der Waals surface area contributed by atoms with Crippen molar-refractivity contribution in [2.45, 2.75) is 58.1 Å². The molecule has 2 aromatic rings. The number of hydrogen-bond donors (Lipinski definition) is 0. The Morgan fingerprint density at radius 2 is 1.87 bits per heavy atom. The van der Waals surface area contributed by atoms with Crippen LogP contribution in [-0.4, -0.2) is 41.9 Å². The number of hydrogen-bond acceptors (Lipinski definition) is 3. The second-order valence-corrected chi connectivity index (χ2v) is 8.22. The topological polar surface area (TPSA) is 49.9 Å². The number of fused-ring (bicyclic) bond motifs is 2. The Morgan fingerprint density at radius 1 is 1.13 bits per heavy atom. The van der Waals surface area contributed by atoms with E-state index in [0.29, 0.717) is 18.7 Å². The van der Waals surface area contributed by atoms with Gasteiger partial charge in [-0.25, -0.2) is 0 Å². The first-order valence-electron chi connectivity index (χ1n) is 11.0. The minimum atomic E-state index is -0.531. The average molecular weight is 407 g/mol. The van der Waals surface area contributed by atoms with Crippen molar-refractivity contribution >= 4 is 17.5 Å². The lowest BCUT2D eigenvalue weighted by Crippen LogP contribution is -2.48. The number of rotatable bonds is 6. The van der Waals surface area contributed by atoms with Crippen molar-refractivity contribution in [3.8, 4) is 5.75 Å². The van der Waals surface area contributed by atoms with Crippen LogP contribution in [0.3, 0.4) is 0 Å². The first-order chi connectivity index (χ1) is 14.6. The number of amides is 2. The largest absolute Gasteiger partial charge is 0.479 e. The molecule has 4 rings (SSSR count). The lowest BCUT2D eigenvalue weighted by Gasteiger charge is -2.37. The maximum atomic E-state index is 13.2. The number of nitrogens with zero attached hydrogens (tertiary/aromatic N) is 2. The highest BCUT2D eigenvalue weighted by atomic mass is 16.5. The summed E-state index contributed by atoms with van der Waals surface area (Å²) in [5.41, 5.74) is 3.51. The molecule has 1 heterocycles. The van der Waals surface area contributed by atoms with Gasteiger partial charge in [0, 0.05) is 25.6 Å². The molecule has 0 aromatic heterocycles. The molecule has 0 saturated heterocycles. The Labute approximate surface area is 178 Å². The van der Waals surface area contributed by atoms with E-state index in [1.807, 2.05) is 24.3 Å². The molecule has 0 bridgehead atoms. The zero-order valence-corrected chi connectivity index (χ0v) is 17.8. The summed E-state index contributed by atoms with van der Waals surface area (Å²) in [7, 11) is 0. The van der Waals surface area contributed by atoms with Gasteiger partial charge in [0.1, 0.15) is 5.75 Å². The maximum absolute atomic E-state index is 13.2. The van der Waals surface area contributed by atoms with Crippen LogP contribution in [0.2, 0.25) is 0 Å². The fourth-order valence-electron chi connectivity index (χ4n) is 4.64. The molecule has 0 N–H and O–H groups in total. The minimum absolute atomic E-state index is 0.0878. The average Bonchev–Trinajstić information content (AvgIpc) is 2.77. The van der Waals surface area contributed by atoms with Crippen LogP contribution in [0.4, 0.5) is 5.69 Å². The van der Waals surface area contributed by atoms with Crippen molar-refractivity contribution in [1.82, 2.24) is 4.90 Å². The first-order valence-corrected chi connectivity index (χ1v) is 11.0. The van der Waals surface area contributed by atoms with Crippen molar-refractivity contribution in [3.05, 3.63) is 59.7 Å². The minimum Gasteiger partial charge on any atom is -0.479 e. The zero-order chi connectivity index (χ0) is 21.1. The molecule has 1 aliphatic carbocycles. The Morgan fingerprint density at radius 3 is 2.67 bits per heavy atom. The molecule has 2 atom stereocenters. The maximum Gasteiger partial charge on any atom is 0.267 e. The van der Waals surface area contributed by atoms with E-state index < -0.39 is 6.10 Å². The summed E-state index contributed by atoms with van der Waals surface area (Å²) in [6, 6.07) is 16.3. The number of aryl methyl sites for hydroxylation is 1. The molecule has 2 aliphatic rings. The molecule has 30 heavy (non-hydrogen) atoms. The van der Waals surface area contributed by atoms with Gasteiger partial charge in [-0.15, -0.1) is 0 Å². The predicted molar refractivity (Wildman–Crippen MR) is 118 cm³/mol. The number of para-hydroxylation sites is 2.